The third-order valence-corrected chi connectivity index (χ3v) is 4.96. The molecule has 5 heteroatoms. The average Bonchev–Trinajstić information content (AvgIpc) is 2.94. The number of carbonyl (C=O) groups excluding carboxylic acids is 2. The molecule has 4 rings (SSSR count). The zero-order valence-electron chi connectivity index (χ0n) is 13.8. The summed E-state index contributed by atoms with van der Waals surface area (Å²) in [5.74, 6) is -0.325. The number of nitrogens with one attached hydrogen (secondary N) is 1. The number of fused-ring (bicyclic) bond motifs is 3. The van der Waals surface area contributed by atoms with Crippen molar-refractivity contribution in [3.05, 3.63) is 48.0 Å². The number of benzene rings is 1. The van der Waals surface area contributed by atoms with Crippen molar-refractivity contribution in [3.8, 4) is 0 Å². The van der Waals surface area contributed by atoms with Gasteiger partial charge in [-0.05, 0) is 30.2 Å². The van der Waals surface area contributed by atoms with E-state index in [1.54, 1.807) is 0 Å². The monoisotopic (exact) mass is 329 g/mol. The highest BCUT2D eigenvalue weighted by Gasteiger charge is 2.44. The molecule has 1 fully saturated rings. The molecule has 1 aromatic carbocycles. The Morgan fingerprint density at radius 3 is 2.58 bits per heavy atom. The lowest BCUT2D eigenvalue weighted by Crippen LogP contribution is -2.51. The third-order valence-electron chi connectivity index (χ3n) is 4.96. The van der Waals surface area contributed by atoms with Crippen LogP contribution in [-0.4, -0.2) is 25.2 Å². The average molecular weight is 329 g/mol. The van der Waals surface area contributed by atoms with Crippen LogP contribution in [0.15, 0.2) is 42.5 Å². The maximum absolute atomic E-state index is 12.2. The highest BCUT2D eigenvalue weighted by atomic mass is 16.5. The molecule has 3 aliphatic carbocycles. The number of amides is 1. The molecular formula is C19H23NO4. The highest BCUT2D eigenvalue weighted by molar-refractivity contribution is 5.76. The number of allylic oxidation sites excluding steroid dienone is 1. The van der Waals surface area contributed by atoms with Crippen molar-refractivity contribution in [2.24, 2.45) is 17.8 Å². The Hall–Kier alpha value is -2.30. The quantitative estimate of drug-likeness (QED) is 0.681. The molecule has 0 heterocycles. The van der Waals surface area contributed by atoms with Crippen LogP contribution >= 0.6 is 0 Å². The number of rotatable bonds is 4. The molecule has 4 atom stereocenters. The second kappa shape index (κ2) is 7.51. The van der Waals surface area contributed by atoms with Crippen molar-refractivity contribution in [2.45, 2.75) is 31.9 Å². The van der Waals surface area contributed by atoms with Crippen molar-refractivity contribution in [1.82, 2.24) is 5.32 Å². The molecule has 1 aromatic rings. The van der Waals surface area contributed by atoms with Gasteiger partial charge in [0.1, 0.15) is 6.61 Å². The van der Waals surface area contributed by atoms with Gasteiger partial charge in [-0.25, -0.2) is 4.79 Å². The standard InChI is InChI=1S/C19H23NO4/c1-23-18(21)16-14-8-5-9-15(11-10-14)17(16)20-19(22)24-12-13-6-3-2-4-7-13/h2-4,6-7,10-11,14-17H,5,8-9,12H2,1H3,(H,20,22). The van der Waals surface area contributed by atoms with Crippen molar-refractivity contribution in [2.75, 3.05) is 7.11 Å². The predicted octanol–water partition coefficient (Wildman–Crippen LogP) is 3.06. The van der Waals surface area contributed by atoms with E-state index in [4.69, 9.17) is 9.47 Å². The van der Waals surface area contributed by atoms with Gasteiger partial charge in [0, 0.05) is 0 Å². The molecule has 4 unspecified atom stereocenters. The summed E-state index contributed by atoms with van der Waals surface area (Å²) in [6.07, 6.45) is 6.70. The van der Waals surface area contributed by atoms with E-state index in [-0.39, 0.29) is 36.4 Å². The first-order valence-corrected chi connectivity index (χ1v) is 8.42. The normalized spacial score (nSPS) is 28.0. The van der Waals surface area contributed by atoms with Gasteiger partial charge in [0.25, 0.3) is 0 Å². The summed E-state index contributed by atoms with van der Waals surface area (Å²) in [6.45, 7) is 0.215. The van der Waals surface area contributed by atoms with Gasteiger partial charge in [-0.1, -0.05) is 48.9 Å². The SMILES string of the molecule is COC(=O)C1C2C=CC(CCC2)C1NC(=O)OCc1ccccc1. The van der Waals surface area contributed by atoms with Crippen LogP contribution in [0.3, 0.4) is 0 Å². The lowest BCUT2D eigenvalue weighted by Gasteiger charge is -2.35. The van der Waals surface area contributed by atoms with Crippen LogP contribution < -0.4 is 5.32 Å². The summed E-state index contributed by atoms with van der Waals surface area (Å²) in [7, 11) is 1.40. The largest absolute Gasteiger partial charge is 0.469 e. The molecule has 128 valence electrons. The Bertz CT molecular complexity index is 613. The fourth-order valence-electron chi connectivity index (χ4n) is 3.75. The molecule has 0 radical (unpaired) electrons. The number of methoxy groups -OCH3 is 1. The summed E-state index contributed by atoms with van der Waals surface area (Å²) in [4.78, 5) is 24.5. The zero-order valence-corrected chi connectivity index (χ0v) is 13.8. The Morgan fingerprint density at radius 2 is 1.83 bits per heavy atom. The van der Waals surface area contributed by atoms with Gasteiger partial charge in [-0.2, -0.15) is 0 Å². The van der Waals surface area contributed by atoms with E-state index in [2.05, 4.69) is 17.5 Å². The topological polar surface area (TPSA) is 64.6 Å². The molecule has 24 heavy (non-hydrogen) atoms. The molecule has 1 N–H and O–H groups in total. The van der Waals surface area contributed by atoms with Crippen LogP contribution in [0.1, 0.15) is 24.8 Å². The maximum Gasteiger partial charge on any atom is 0.407 e. The Balaban J connectivity index is 1.66. The molecule has 2 bridgehead atoms. The second-order valence-electron chi connectivity index (χ2n) is 6.42. The number of hydrogen-bond donors (Lipinski definition) is 1. The third kappa shape index (κ3) is 3.61. The van der Waals surface area contributed by atoms with E-state index >= 15 is 0 Å². The van der Waals surface area contributed by atoms with Gasteiger partial charge < -0.3 is 14.8 Å². The molecule has 5 nitrogen and oxygen atoms in total. The number of ether oxygens (including phenoxy) is 2. The minimum atomic E-state index is -0.487. The molecular weight excluding hydrogens is 306 g/mol. The van der Waals surface area contributed by atoms with E-state index in [0.29, 0.717) is 0 Å². The first kappa shape index (κ1) is 16.6. The van der Waals surface area contributed by atoms with Crippen molar-refractivity contribution in [1.29, 1.82) is 0 Å². The first-order valence-electron chi connectivity index (χ1n) is 8.42. The van der Waals surface area contributed by atoms with Crippen LogP contribution in [-0.2, 0) is 20.9 Å². The van der Waals surface area contributed by atoms with Crippen LogP contribution in [0.5, 0.6) is 0 Å². The minimum absolute atomic E-state index is 0.121. The predicted molar refractivity (Wildman–Crippen MR) is 89.0 cm³/mol. The van der Waals surface area contributed by atoms with Crippen molar-refractivity contribution in [3.63, 3.8) is 0 Å². The molecule has 0 spiro atoms. The highest BCUT2D eigenvalue weighted by Crippen LogP contribution is 2.39. The first-order chi connectivity index (χ1) is 11.7. The van der Waals surface area contributed by atoms with Crippen molar-refractivity contribution >= 4 is 12.1 Å². The smallest absolute Gasteiger partial charge is 0.407 e. The van der Waals surface area contributed by atoms with E-state index in [1.807, 2.05) is 30.3 Å². The molecule has 3 aliphatic rings. The summed E-state index contributed by atoms with van der Waals surface area (Å²) >= 11 is 0. The fourth-order valence-corrected chi connectivity index (χ4v) is 3.75. The summed E-state index contributed by atoms with van der Waals surface area (Å²) < 4.78 is 10.3. The van der Waals surface area contributed by atoms with Crippen LogP contribution in [0.2, 0.25) is 0 Å². The summed E-state index contributed by atoms with van der Waals surface area (Å²) in [5, 5.41) is 2.91. The molecule has 1 saturated carbocycles. The van der Waals surface area contributed by atoms with Gasteiger partial charge in [-0.15, -0.1) is 0 Å². The number of hydrogen-bond acceptors (Lipinski definition) is 4. The van der Waals surface area contributed by atoms with Gasteiger partial charge in [-0.3, -0.25) is 4.79 Å². The molecule has 1 amide bonds. The molecule has 0 aromatic heterocycles. The van der Waals surface area contributed by atoms with Gasteiger partial charge in [0.15, 0.2) is 0 Å². The molecule has 0 saturated heterocycles. The van der Waals surface area contributed by atoms with Crippen LogP contribution in [0, 0.1) is 17.8 Å². The Labute approximate surface area is 142 Å². The fraction of sp³-hybridized carbons (Fsp3) is 0.474. The number of esters is 1. The van der Waals surface area contributed by atoms with Gasteiger partial charge in [0.2, 0.25) is 0 Å². The summed E-state index contributed by atoms with van der Waals surface area (Å²) in [6, 6.07) is 9.26. The minimum Gasteiger partial charge on any atom is -0.469 e. The van der Waals surface area contributed by atoms with E-state index < -0.39 is 6.09 Å². The molecule has 0 aliphatic heterocycles. The maximum atomic E-state index is 12.2. The lowest BCUT2D eigenvalue weighted by atomic mass is 9.76. The van der Waals surface area contributed by atoms with E-state index in [0.717, 1.165) is 24.8 Å². The van der Waals surface area contributed by atoms with Crippen LogP contribution in [0.4, 0.5) is 4.79 Å². The van der Waals surface area contributed by atoms with E-state index in [9.17, 15) is 9.59 Å². The lowest BCUT2D eigenvalue weighted by molar-refractivity contribution is -0.148. The Kier molecular flexibility index (Phi) is 5.18. The number of alkyl carbamates (subject to hydrolysis) is 1. The van der Waals surface area contributed by atoms with Crippen molar-refractivity contribution < 1.29 is 19.1 Å². The zero-order chi connectivity index (χ0) is 16.9. The van der Waals surface area contributed by atoms with Gasteiger partial charge >= 0.3 is 12.1 Å². The van der Waals surface area contributed by atoms with E-state index in [1.165, 1.54) is 7.11 Å². The summed E-state index contributed by atoms with van der Waals surface area (Å²) in [5.41, 5.74) is 0.930. The second-order valence-corrected chi connectivity index (χ2v) is 6.42. The van der Waals surface area contributed by atoms with Crippen LogP contribution in [0.25, 0.3) is 0 Å². The Morgan fingerprint density at radius 1 is 1.12 bits per heavy atom. The van der Waals surface area contributed by atoms with Gasteiger partial charge in [0.05, 0.1) is 19.1 Å². The number of carbonyl (C=O) groups is 2.